The van der Waals surface area contributed by atoms with Crippen LogP contribution in [0.25, 0.3) is 0 Å². The molecular weight excluding hydrogens is 268 g/mol. The van der Waals surface area contributed by atoms with Crippen LogP contribution in [-0.4, -0.2) is 19.1 Å². The van der Waals surface area contributed by atoms with E-state index in [9.17, 15) is 0 Å². The standard InChI is InChI=1S/C17H25ClN2/c1-2-13-8-10-20(11-9-13)17-14(4-3-5-16(17)18)12-19-15-6-7-15/h3-5,13,15,19H,2,6-12H2,1H3. The molecule has 110 valence electrons. The molecule has 20 heavy (non-hydrogen) atoms. The summed E-state index contributed by atoms with van der Waals surface area (Å²) in [5, 5.41) is 4.53. The number of benzene rings is 1. The number of hydrogen-bond donors (Lipinski definition) is 1. The number of nitrogens with zero attached hydrogens (tertiary/aromatic N) is 1. The number of hydrogen-bond acceptors (Lipinski definition) is 2. The Kier molecular flexibility index (Phi) is 4.52. The molecule has 0 radical (unpaired) electrons. The molecule has 0 spiro atoms. The number of nitrogens with one attached hydrogen (secondary N) is 1. The second kappa shape index (κ2) is 6.36. The monoisotopic (exact) mass is 292 g/mol. The van der Waals surface area contributed by atoms with Crippen molar-refractivity contribution in [3.63, 3.8) is 0 Å². The molecule has 3 heteroatoms. The van der Waals surface area contributed by atoms with Crippen LogP contribution in [0.5, 0.6) is 0 Å². The predicted octanol–water partition coefficient (Wildman–Crippen LogP) is 4.22. The van der Waals surface area contributed by atoms with Gasteiger partial charge in [0.05, 0.1) is 10.7 Å². The van der Waals surface area contributed by atoms with Gasteiger partial charge in [-0.2, -0.15) is 0 Å². The van der Waals surface area contributed by atoms with E-state index in [4.69, 9.17) is 11.6 Å². The smallest absolute Gasteiger partial charge is 0.0642 e. The van der Waals surface area contributed by atoms with Gasteiger partial charge in [-0.15, -0.1) is 0 Å². The summed E-state index contributed by atoms with van der Waals surface area (Å²) in [5.74, 6) is 0.904. The first kappa shape index (κ1) is 14.2. The Morgan fingerprint density at radius 3 is 2.60 bits per heavy atom. The van der Waals surface area contributed by atoms with Crippen molar-refractivity contribution in [3.05, 3.63) is 28.8 Å². The van der Waals surface area contributed by atoms with E-state index < -0.39 is 0 Å². The van der Waals surface area contributed by atoms with Crippen molar-refractivity contribution in [1.82, 2.24) is 5.32 Å². The molecule has 0 aromatic heterocycles. The molecule has 1 saturated carbocycles. The summed E-state index contributed by atoms with van der Waals surface area (Å²) in [6.07, 6.45) is 6.58. The fraction of sp³-hybridized carbons (Fsp3) is 0.647. The fourth-order valence-corrected chi connectivity index (χ4v) is 3.48. The molecule has 2 aliphatic rings. The lowest BCUT2D eigenvalue weighted by Gasteiger charge is -2.35. The highest BCUT2D eigenvalue weighted by Gasteiger charge is 2.24. The second-order valence-electron chi connectivity index (χ2n) is 6.24. The van der Waals surface area contributed by atoms with Crippen molar-refractivity contribution < 1.29 is 0 Å². The lowest BCUT2D eigenvalue weighted by atomic mass is 9.93. The normalized spacial score (nSPS) is 20.4. The van der Waals surface area contributed by atoms with Crippen molar-refractivity contribution in [2.24, 2.45) is 5.92 Å². The SMILES string of the molecule is CCC1CCN(c2c(Cl)cccc2CNC2CC2)CC1. The zero-order valence-electron chi connectivity index (χ0n) is 12.4. The van der Waals surface area contributed by atoms with Gasteiger partial charge in [0, 0.05) is 25.7 Å². The maximum atomic E-state index is 6.49. The summed E-state index contributed by atoms with van der Waals surface area (Å²) in [4.78, 5) is 2.50. The first-order valence-electron chi connectivity index (χ1n) is 8.03. The van der Waals surface area contributed by atoms with Crippen LogP contribution in [0.3, 0.4) is 0 Å². The molecule has 0 unspecified atom stereocenters. The van der Waals surface area contributed by atoms with Crippen LogP contribution in [-0.2, 0) is 6.54 Å². The predicted molar refractivity (Wildman–Crippen MR) is 86.5 cm³/mol. The Labute approximate surface area is 127 Å². The molecule has 1 aliphatic heterocycles. The van der Waals surface area contributed by atoms with Gasteiger partial charge in [0.25, 0.3) is 0 Å². The highest BCUT2D eigenvalue weighted by molar-refractivity contribution is 6.33. The lowest BCUT2D eigenvalue weighted by molar-refractivity contribution is 0.394. The van der Waals surface area contributed by atoms with E-state index >= 15 is 0 Å². The van der Waals surface area contributed by atoms with E-state index in [1.807, 2.05) is 6.07 Å². The number of piperidine rings is 1. The molecular formula is C17H25ClN2. The Balaban J connectivity index is 1.73. The van der Waals surface area contributed by atoms with Crippen molar-refractivity contribution in [1.29, 1.82) is 0 Å². The average molecular weight is 293 g/mol. The molecule has 0 bridgehead atoms. The van der Waals surface area contributed by atoms with Gasteiger partial charge >= 0.3 is 0 Å². The molecule has 2 nitrogen and oxygen atoms in total. The van der Waals surface area contributed by atoms with E-state index in [0.29, 0.717) is 0 Å². The Hall–Kier alpha value is -0.730. The van der Waals surface area contributed by atoms with Gasteiger partial charge < -0.3 is 10.2 Å². The highest BCUT2D eigenvalue weighted by atomic mass is 35.5. The summed E-state index contributed by atoms with van der Waals surface area (Å²) in [7, 11) is 0. The summed E-state index contributed by atoms with van der Waals surface area (Å²) in [5.41, 5.74) is 2.64. The van der Waals surface area contributed by atoms with Gasteiger partial charge in [-0.25, -0.2) is 0 Å². The molecule has 2 fully saturated rings. The molecule has 3 rings (SSSR count). The lowest BCUT2D eigenvalue weighted by Crippen LogP contribution is -2.34. The van der Waals surface area contributed by atoms with E-state index in [0.717, 1.165) is 36.6 Å². The van der Waals surface area contributed by atoms with E-state index in [1.54, 1.807) is 0 Å². The van der Waals surface area contributed by atoms with Crippen LogP contribution in [0.15, 0.2) is 18.2 Å². The highest BCUT2D eigenvalue weighted by Crippen LogP contribution is 2.34. The topological polar surface area (TPSA) is 15.3 Å². The third-order valence-corrected chi connectivity index (χ3v) is 5.04. The van der Waals surface area contributed by atoms with E-state index in [1.165, 1.54) is 43.4 Å². The van der Waals surface area contributed by atoms with Gasteiger partial charge in [-0.3, -0.25) is 0 Å². The van der Waals surface area contributed by atoms with Gasteiger partial charge in [0.1, 0.15) is 0 Å². The molecule has 1 aliphatic carbocycles. The maximum Gasteiger partial charge on any atom is 0.0642 e. The van der Waals surface area contributed by atoms with Crippen LogP contribution in [0, 0.1) is 5.92 Å². The number of rotatable bonds is 5. The van der Waals surface area contributed by atoms with Gasteiger partial charge in [0.2, 0.25) is 0 Å². The first-order chi connectivity index (χ1) is 9.78. The van der Waals surface area contributed by atoms with Crippen LogP contribution in [0.4, 0.5) is 5.69 Å². The maximum absolute atomic E-state index is 6.49. The summed E-state index contributed by atoms with van der Waals surface area (Å²) in [6, 6.07) is 7.08. The number of para-hydroxylation sites is 1. The van der Waals surface area contributed by atoms with Crippen LogP contribution < -0.4 is 10.2 Å². The molecule has 1 aromatic rings. The molecule has 1 N–H and O–H groups in total. The zero-order valence-corrected chi connectivity index (χ0v) is 13.1. The Morgan fingerprint density at radius 2 is 1.95 bits per heavy atom. The molecule has 0 atom stereocenters. The largest absolute Gasteiger partial charge is 0.370 e. The van der Waals surface area contributed by atoms with E-state index in [-0.39, 0.29) is 0 Å². The van der Waals surface area contributed by atoms with Gasteiger partial charge in [-0.1, -0.05) is 37.1 Å². The van der Waals surface area contributed by atoms with Crippen LogP contribution in [0.1, 0.15) is 44.6 Å². The third-order valence-electron chi connectivity index (χ3n) is 4.74. The summed E-state index contributed by atoms with van der Waals surface area (Å²) in [6.45, 7) is 5.56. The summed E-state index contributed by atoms with van der Waals surface area (Å²) >= 11 is 6.49. The molecule has 1 aromatic carbocycles. The van der Waals surface area contributed by atoms with E-state index in [2.05, 4.69) is 29.3 Å². The minimum Gasteiger partial charge on any atom is -0.370 e. The van der Waals surface area contributed by atoms with Gasteiger partial charge in [-0.05, 0) is 43.2 Å². The number of anilines is 1. The minimum absolute atomic E-state index is 0.743. The number of halogens is 1. The average Bonchev–Trinajstić information content (AvgIpc) is 3.30. The van der Waals surface area contributed by atoms with Gasteiger partial charge in [0.15, 0.2) is 0 Å². The first-order valence-corrected chi connectivity index (χ1v) is 8.41. The molecule has 1 heterocycles. The van der Waals surface area contributed by atoms with Crippen molar-refractivity contribution in [2.75, 3.05) is 18.0 Å². The van der Waals surface area contributed by atoms with Crippen LogP contribution in [0.2, 0.25) is 5.02 Å². The van der Waals surface area contributed by atoms with Crippen molar-refractivity contribution >= 4 is 17.3 Å². The quantitative estimate of drug-likeness (QED) is 0.874. The zero-order chi connectivity index (χ0) is 13.9. The van der Waals surface area contributed by atoms with Crippen molar-refractivity contribution in [2.45, 2.75) is 51.6 Å². The molecule has 1 saturated heterocycles. The Bertz CT molecular complexity index is 448. The minimum atomic E-state index is 0.743. The van der Waals surface area contributed by atoms with Crippen LogP contribution >= 0.6 is 11.6 Å². The molecule has 0 amide bonds. The third kappa shape index (κ3) is 3.29. The Morgan fingerprint density at radius 1 is 1.20 bits per heavy atom. The van der Waals surface area contributed by atoms with Crippen molar-refractivity contribution in [3.8, 4) is 0 Å². The summed E-state index contributed by atoms with van der Waals surface area (Å²) < 4.78 is 0. The second-order valence-corrected chi connectivity index (χ2v) is 6.65. The fourth-order valence-electron chi connectivity index (χ4n) is 3.16.